The van der Waals surface area contributed by atoms with Crippen LogP contribution in [0.15, 0.2) is 42.5 Å². The highest BCUT2D eigenvalue weighted by atomic mass is 16.3. The summed E-state index contributed by atoms with van der Waals surface area (Å²) in [5, 5.41) is 21.1. The molecule has 2 aromatic carbocycles. The van der Waals surface area contributed by atoms with Crippen molar-refractivity contribution in [3.8, 4) is 11.8 Å². The van der Waals surface area contributed by atoms with Gasteiger partial charge in [-0.25, -0.2) is 0 Å². The molecule has 0 saturated heterocycles. The molecule has 0 atom stereocenters. The highest BCUT2D eigenvalue weighted by Gasteiger charge is 2.13. The van der Waals surface area contributed by atoms with Crippen LogP contribution in [-0.4, -0.2) is 11.0 Å². The molecule has 0 saturated carbocycles. The summed E-state index contributed by atoms with van der Waals surface area (Å²) in [7, 11) is 0. The van der Waals surface area contributed by atoms with Gasteiger partial charge in [-0.1, -0.05) is 12.1 Å². The predicted octanol–water partition coefficient (Wildman–Crippen LogP) is 2.82. The van der Waals surface area contributed by atoms with Crippen molar-refractivity contribution in [2.24, 2.45) is 0 Å². The normalized spacial score (nSPS) is 9.68. The van der Waals surface area contributed by atoms with Gasteiger partial charge in [0.05, 0.1) is 17.2 Å². The Kier molecular flexibility index (Phi) is 3.48. The van der Waals surface area contributed by atoms with Crippen LogP contribution in [0.1, 0.15) is 21.5 Å². The quantitative estimate of drug-likeness (QED) is 0.863. The second kappa shape index (κ2) is 5.23. The number of nitriles is 1. The number of hydrogen-bond acceptors (Lipinski definition) is 3. The molecule has 0 heterocycles. The average molecular weight is 252 g/mol. The maximum Gasteiger partial charge on any atom is 0.259 e. The number of aromatic hydroxyl groups is 1. The Morgan fingerprint density at radius 2 is 1.89 bits per heavy atom. The highest BCUT2D eigenvalue weighted by molar-refractivity contribution is 6.07. The Balaban J connectivity index is 2.23. The van der Waals surface area contributed by atoms with Crippen molar-refractivity contribution < 1.29 is 9.90 Å². The maximum absolute atomic E-state index is 12.1. The molecule has 0 bridgehead atoms. The lowest BCUT2D eigenvalue weighted by molar-refractivity contribution is 0.102. The van der Waals surface area contributed by atoms with Crippen molar-refractivity contribution >= 4 is 11.6 Å². The Labute approximate surface area is 110 Å². The Hall–Kier alpha value is -2.80. The molecular formula is C15H12N2O2. The lowest BCUT2D eigenvalue weighted by Crippen LogP contribution is -2.13. The zero-order valence-electron chi connectivity index (χ0n) is 10.3. The van der Waals surface area contributed by atoms with Gasteiger partial charge in [0.1, 0.15) is 5.75 Å². The van der Waals surface area contributed by atoms with E-state index in [1.54, 1.807) is 43.3 Å². The van der Waals surface area contributed by atoms with E-state index in [0.717, 1.165) is 0 Å². The summed E-state index contributed by atoms with van der Waals surface area (Å²) in [6, 6.07) is 13.4. The summed E-state index contributed by atoms with van der Waals surface area (Å²) in [6.07, 6.45) is 0. The number of rotatable bonds is 2. The molecule has 1 amide bonds. The Morgan fingerprint density at radius 1 is 1.21 bits per heavy atom. The Bertz CT molecular complexity index is 635. The molecule has 4 nitrogen and oxygen atoms in total. The number of anilines is 1. The van der Waals surface area contributed by atoms with Crippen LogP contribution in [-0.2, 0) is 0 Å². The van der Waals surface area contributed by atoms with E-state index < -0.39 is 0 Å². The molecular weight excluding hydrogens is 240 g/mol. The molecule has 0 aliphatic rings. The summed E-state index contributed by atoms with van der Waals surface area (Å²) >= 11 is 0. The van der Waals surface area contributed by atoms with Gasteiger partial charge in [0.2, 0.25) is 0 Å². The first-order chi connectivity index (χ1) is 9.11. The van der Waals surface area contributed by atoms with E-state index in [1.165, 1.54) is 6.07 Å². The molecule has 19 heavy (non-hydrogen) atoms. The van der Waals surface area contributed by atoms with E-state index in [0.29, 0.717) is 16.8 Å². The third-order valence-corrected chi connectivity index (χ3v) is 2.75. The number of carbonyl (C=O) groups excluding carboxylic acids is 1. The molecule has 0 fully saturated rings. The van der Waals surface area contributed by atoms with Crippen molar-refractivity contribution in [3.05, 3.63) is 59.2 Å². The van der Waals surface area contributed by atoms with Gasteiger partial charge < -0.3 is 10.4 Å². The van der Waals surface area contributed by atoms with Crippen LogP contribution in [0.5, 0.6) is 5.75 Å². The lowest BCUT2D eigenvalue weighted by Gasteiger charge is -2.09. The number of phenols is 1. The summed E-state index contributed by atoms with van der Waals surface area (Å²) in [4.78, 5) is 12.1. The van der Waals surface area contributed by atoms with Crippen molar-refractivity contribution in [3.63, 3.8) is 0 Å². The molecule has 0 spiro atoms. The number of nitrogens with zero attached hydrogens (tertiary/aromatic N) is 1. The number of phenolic OH excluding ortho intramolecular Hbond substituents is 1. The summed E-state index contributed by atoms with van der Waals surface area (Å²) in [6.45, 7) is 1.76. The minimum absolute atomic E-state index is 0.0499. The fraction of sp³-hybridized carbons (Fsp3) is 0.0667. The smallest absolute Gasteiger partial charge is 0.259 e. The SMILES string of the molecule is Cc1cccc(O)c1C(=O)Nc1ccc(C#N)cc1. The zero-order valence-corrected chi connectivity index (χ0v) is 10.3. The first-order valence-electron chi connectivity index (χ1n) is 5.72. The first kappa shape index (κ1) is 12.7. The van der Waals surface area contributed by atoms with Crippen LogP contribution in [0.3, 0.4) is 0 Å². The van der Waals surface area contributed by atoms with Gasteiger partial charge in [0.25, 0.3) is 5.91 Å². The third kappa shape index (κ3) is 2.72. The summed E-state index contributed by atoms with van der Waals surface area (Å²) < 4.78 is 0. The minimum Gasteiger partial charge on any atom is -0.507 e. The summed E-state index contributed by atoms with van der Waals surface area (Å²) in [5.41, 5.74) is 2.06. The van der Waals surface area contributed by atoms with E-state index in [9.17, 15) is 9.90 Å². The minimum atomic E-state index is -0.375. The van der Waals surface area contributed by atoms with Gasteiger partial charge >= 0.3 is 0 Å². The molecule has 0 unspecified atom stereocenters. The largest absolute Gasteiger partial charge is 0.507 e. The molecule has 94 valence electrons. The van der Waals surface area contributed by atoms with E-state index in [1.807, 2.05) is 6.07 Å². The number of carbonyl (C=O) groups is 1. The number of benzene rings is 2. The molecule has 0 aromatic heterocycles. The molecule has 0 radical (unpaired) electrons. The molecule has 0 aliphatic carbocycles. The molecule has 2 N–H and O–H groups in total. The molecule has 0 aliphatic heterocycles. The average Bonchev–Trinajstić information content (AvgIpc) is 2.39. The molecule has 4 heteroatoms. The maximum atomic E-state index is 12.1. The van der Waals surface area contributed by atoms with E-state index in [2.05, 4.69) is 5.32 Å². The van der Waals surface area contributed by atoms with Gasteiger partial charge in [-0.15, -0.1) is 0 Å². The lowest BCUT2D eigenvalue weighted by atomic mass is 10.1. The van der Waals surface area contributed by atoms with Crippen LogP contribution in [0.2, 0.25) is 0 Å². The van der Waals surface area contributed by atoms with Crippen molar-refractivity contribution in [1.82, 2.24) is 0 Å². The van der Waals surface area contributed by atoms with E-state index in [4.69, 9.17) is 5.26 Å². The number of amides is 1. The van der Waals surface area contributed by atoms with Gasteiger partial charge in [-0.05, 0) is 42.8 Å². The standard InChI is InChI=1S/C15H12N2O2/c1-10-3-2-4-13(18)14(10)15(19)17-12-7-5-11(9-16)6-8-12/h2-8,18H,1H3,(H,17,19). The fourth-order valence-electron chi connectivity index (χ4n) is 1.77. The molecule has 2 rings (SSSR count). The van der Waals surface area contributed by atoms with Crippen LogP contribution in [0.4, 0.5) is 5.69 Å². The van der Waals surface area contributed by atoms with Gasteiger partial charge in [-0.3, -0.25) is 4.79 Å². The monoisotopic (exact) mass is 252 g/mol. The van der Waals surface area contributed by atoms with Crippen molar-refractivity contribution in [1.29, 1.82) is 5.26 Å². The third-order valence-electron chi connectivity index (χ3n) is 2.75. The first-order valence-corrected chi connectivity index (χ1v) is 5.72. The van der Waals surface area contributed by atoms with Crippen LogP contribution >= 0.6 is 0 Å². The van der Waals surface area contributed by atoms with Crippen LogP contribution in [0.25, 0.3) is 0 Å². The fourth-order valence-corrected chi connectivity index (χ4v) is 1.77. The zero-order chi connectivity index (χ0) is 13.8. The number of aryl methyl sites for hydroxylation is 1. The highest BCUT2D eigenvalue weighted by Crippen LogP contribution is 2.21. The molecule has 2 aromatic rings. The van der Waals surface area contributed by atoms with Gasteiger partial charge in [0.15, 0.2) is 0 Å². The second-order valence-electron chi connectivity index (χ2n) is 4.11. The second-order valence-corrected chi connectivity index (χ2v) is 4.11. The van der Waals surface area contributed by atoms with E-state index >= 15 is 0 Å². The van der Waals surface area contributed by atoms with Crippen LogP contribution in [0, 0.1) is 18.3 Å². The number of hydrogen-bond donors (Lipinski definition) is 2. The van der Waals surface area contributed by atoms with Crippen molar-refractivity contribution in [2.45, 2.75) is 6.92 Å². The van der Waals surface area contributed by atoms with E-state index in [-0.39, 0.29) is 17.2 Å². The number of nitrogens with one attached hydrogen (secondary N) is 1. The Morgan fingerprint density at radius 3 is 2.47 bits per heavy atom. The predicted molar refractivity (Wildman–Crippen MR) is 72.0 cm³/mol. The van der Waals surface area contributed by atoms with Crippen LogP contribution < -0.4 is 5.32 Å². The summed E-state index contributed by atoms with van der Waals surface area (Å²) in [5.74, 6) is -0.425. The topological polar surface area (TPSA) is 73.1 Å². The van der Waals surface area contributed by atoms with Gasteiger partial charge in [0, 0.05) is 5.69 Å². The van der Waals surface area contributed by atoms with Crippen molar-refractivity contribution in [2.75, 3.05) is 5.32 Å². The van der Waals surface area contributed by atoms with Gasteiger partial charge in [-0.2, -0.15) is 5.26 Å².